The third-order valence-corrected chi connectivity index (χ3v) is 12.8. The van der Waals surface area contributed by atoms with Gasteiger partial charge in [-0.15, -0.1) is 11.3 Å². The van der Waals surface area contributed by atoms with Gasteiger partial charge in [-0.25, -0.2) is 13.2 Å². The van der Waals surface area contributed by atoms with Crippen molar-refractivity contribution in [1.29, 1.82) is 5.26 Å². The largest absolute Gasteiger partial charge is 0.461 e. The molecular formula is C37H41F3N8O4S. The highest BCUT2D eigenvalue weighted by molar-refractivity contribution is 7.23. The smallest absolute Gasteiger partial charge is 0.319 e. The SMILES string of the molecule is COCCOCCN1CC2CCC(C1)N2c1nc(OC[C@@]23CCCN2C[C@H](F)C3)nc2c(F)c(-c3ncc(F)c4sc(N)c(C#N)c34)c3c(c12)COC3. The number of anilines is 2. The van der Waals surface area contributed by atoms with E-state index in [-0.39, 0.29) is 75.3 Å². The monoisotopic (exact) mass is 750 g/mol. The number of likely N-dealkylation sites (tertiary alicyclic amines) is 1. The molecule has 16 heteroatoms. The van der Waals surface area contributed by atoms with Gasteiger partial charge >= 0.3 is 6.01 Å². The number of nitrogens with zero attached hydrogens (tertiary/aromatic N) is 7. The molecule has 0 spiro atoms. The number of nitriles is 1. The van der Waals surface area contributed by atoms with Gasteiger partial charge < -0.3 is 29.6 Å². The number of ether oxygens (including phenoxy) is 4. The number of methoxy groups -OCH3 is 1. The summed E-state index contributed by atoms with van der Waals surface area (Å²) in [5, 5.41) is 10.9. The van der Waals surface area contributed by atoms with Crippen LogP contribution in [0.25, 0.3) is 32.2 Å². The molecule has 3 aromatic heterocycles. The Kier molecular flexibility index (Phi) is 9.07. The van der Waals surface area contributed by atoms with Crippen LogP contribution in [0.15, 0.2) is 6.20 Å². The average Bonchev–Trinajstić information content (AvgIpc) is 3.96. The van der Waals surface area contributed by atoms with Gasteiger partial charge in [-0.2, -0.15) is 15.2 Å². The molecule has 0 radical (unpaired) electrons. The first kappa shape index (κ1) is 34.9. The lowest BCUT2D eigenvalue weighted by Crippen LogP contribution is -2.54. The zero-order valence-corrected chi connectivity index (χ0v) is 30.3. The van der Waals surface area contributed by atoms with Crippen molar-refractivity contribution in [1.82, 2.24) is 24.8 Å². The highest BCUT2D eigenvalue weighted by Gasteiger charge is 2.50. The Bertz CT molecular complexity index is 2120. The number of nitrogen functional groups attached to an aromatic ring is 1. The fourth-order valence-electron chi connectivity index (χ4n) is 9.48. The van der Waals surface area contributed by atoms with Crippen LogP contribution in [0.2, 0.25) is 0 Å². The number of piperazine rings is 1. The first-order valence-electron chi connectivity index (χ1n) is 18.3. The molecule has 5 aliphatic heterocycles. The lowest BCUT2D eigenvalue weighted by atomic mass is 9.93. The lowest BCUT2D eigenvalue weighted by molar-refractivity contribution is 0.0537. The van der Waals surface area contributed by atoms with Gasteiger partial charge in [0.1, 0.15) is 35.2 Å². The van der Waals surface area contributed by atoms with Crippen LogP contribution in [-0.4, -0.2) is 115 Å². The molecule has 1 aromatic carbocycles. The Balaban J connectivity index is 1.17. The molecular weight excluding hydrogens is 710 g/mol. The number of aromatic nitrogens is 3. The topological polar surface area (TPSA) is 135 Å². The minimum absolute atomic E-state index is 0.0165. The van der Waals surface area contributed by atoms with Crippen molar-refractivity contribution < 1.29 is 32.1 Å². The van der Waals surface area contributed by atoms with Gasteiger partial charge in [0.05, 0.1) is 66.1 Å². The van der Waals surface area contributed by atoms with E-state index in [0.717, 1.165) is 75.0 Å². The Morgan fingerprint density at radius 2 is 1.91 bits per heavy atom. The van der Waals surface area contributed by atoms with Gasteiger partial charge in [-0.1, -0.05) is 0 Å². The second-order valence-corrected chi connectivity index (χ2v) is 15.9. The minimum Gasteiger partial charge on any atom is -0.461 e. The van der Waals surface area contributed by atoms with E-state index in [2.05, 4.69) is 25.8 Å². The van der Waals surface area contributed by atoms with Gasteiger partial charge in [-0.05, 0) is 43.4 Å². The molecule has 2 N–H and O–H groups in total. The Labute approximate surface area is 308 Å². The van der Waals surface area contributed by atoms with Crippen molar-refractivity contribution in [3.8, 4) is 23.3 Å². The van der Waals surface area contributed by atoms with E-state index in [1.165, 1.54) is 0 Å². The number of halogens is 3. The van der Waals surface area contributed by atoms with Crippen LogP contribution in [0.3, 0.4) is 0 Å². The van der Waals surface area contributed by atoms with Gasteiger partial charge in [0, 0.05) is 62.7 Å². The van der Waals surface area contributed by atoms with E-state index in [1.807, 2.05) is 0 Å². The third kappa shape index (κ3) is 5.78. The second kappa shape index (κ2) is 13.8. The number of nitrogens with two attached hydrogens (primary N) is 1. The van der Waals surface area contributed by atoms with E-state index >= 15 is 8.78 Å². The summed E-state index contributed by atoms with van der Waals surface area (Å²) >= 11 is 0.933. The Morgan fingerprint density at radius 1 is 1.09 bits per heavy atom. The van der Waals surface area contributed by atoms with E-state index in [1.54, 1.807) is 7.11 Å². The summed E-state index contributed by atoms with van der Waals surface area (Å²) in [5.74, 6) is -0.738. The van der Waals surface area contributed by atoms with Crippen LogP contribution in [0.5, 0.6) is 6.01 Å². The maximum absolute atomic E-state index is 17.6. The zero-order chi connectivity index (χ0) is 36.4. The number of rotatable bonds is 11. The number of pyridine rings is 1. The summed E-state index contributed by atoms with van der Waals surface area (Å²) < 4.78 is 70.8. The van der Waals surface area contributed by atoms with Gasteiger partial charge in [-0.3, -0.25) is 14.8 Å². The summed E-state index contributed by atoms with van der Waals surface area (Å²) in [7, 11) is 1.65. The van der Waals surface area contributed by atoms with Crippen molar-refractivity contribution in [3.05, 3.63) is 34.5 Å². The minimum atomic E-state index is -0.934. The van der Waals surface area contributed by atoms with E-state index < -0.39 is 23.3 Å². The van der Waals surface area contributed by atoms with E-state index in [0.29, 0.717) is 49.6 Å². The summed E-state index contributed by atoms with van der Waals surface area (Å²) in [4.78, 5) is 21.1. The molecule has 4 atom stereocenters. The maximum Gasteiger partial charge on any atom is 0.319 e. The standard InChI is InChI=1S/C37H41F3N8O4S/c1-49-9-10-50-8-7-46-15-21-3-4-22(16-46)48(21)35-29-25-18-51-17-24(25)27(31-28-23(12-41)34(42)53-33(28)26(39)13-43-31)30(40)32(29)44-36(45-35)52-19-37-5-2-6-47(37)14-20(38)11-37/h13,20-22H,2-11,14-19,42H2,1H3/t20-,21?,22?,37+/m1/s1. The number of hydrogen-bond donors (Lipinski definition) is 1. The molecule has 4 fully saturated rings. The normalized spacial score (nSPS) is 25.5. The summed E-state index contributed by atoms with van der Waals surface area (Å²) in [6, 6.07) is 2.30. The molecule has 5 aliphatic rings. The highest BCUT2D eigenvalue weighted by Crippen LogP contribution is 2.48. The van der Waals surface area contributed by atoms with Crippen molar-refractivity contribution in [2.75, 3.05) is 76.9 Å². The summed E-state index contributed by atoms with van der Waals surface area (Å²) in [6.45, 7) is 5.69. The molecule has 9 rings (SSSR count). The molecule has 0 aliphatic carbocycles. The molecule has 2 bridgehead atoms. The molecule has 0 saturated carbocycles. The first-order chi connectivity index (χ1) is 25.8. The number of benzene rings is 1. The van der Waals surface area contributed by atoms with Crippen LogP contribution in [0.1, 0.15) is 48.8 Å². The molecule has 8 heterocycles. The predicted octanol–water partition coefficient (Wildman–Crippen LogP) is 4.94. The predicted molar refractivity (Wildman–Crippen MR) is 193 cm³/mol. The molecule has 0 amide bonds. The van der Waals surface area contributed by atoms with Crippen molar-refractivity contribution in [2.24, 2.45) is 0 Å². The molecule has 12 nitrogen and oxygen atoms in total. The van der Waals surface area contributed by atoms with E-state index in [4.69, 9.17) is 34.6 Å². The quantitative estimate of drug-likeness (QED) is 0.208. The molecule has 53 heavy (non-hydrogen) atoms. The van der Waals surface area contributed by atoms with E-state index in [9.17, 15) is 9.65 Å². The third-order valence-electron chi connectivity index (χ3n) is 11.8. The van der Waals surface area contributed by atoms with Gasteiger partial charge in [0.25, 0.3) is 0 Å². The molecule has 280 valence electrons. The Hall–Kier alpha value is -3.85. The number of alkyl halides is 1. The molecule has 4 saturated heterocycles. The maximum atomic E-state index is 17.6. The average molecular weight is 751 g/mol. The van der Waals surface area contributed by atoms with Crippen LogP contribution < -0.4 is 15.4 Å². The highest BCUT2D eigenvalue weighted by atomic mass is 32.1. The summed E-state index contributed by atoms with van der Waals surface area (Å²) in [5.41, 5.74) is 7.27. The van der Waals surface area contributed by atoms with Gasteiger partial charge in [0.2, 0.25) is 0 Å². The van der Waals surface area contributed by atoms with Crippen LogP contribution in [0.4, 0.5) is 24.0 Å². The molecule has 4 aromatic rings. The van der Waals surface area contributed by atoms with Crippen LogP contribution in [0, 0.1) is 23.0 Å². The number of fused-ring (bicyclic) bond motifs is 7. The Morgan fingerprint density at radius 3 is 2.70 bits per heavy atom. The zero-order valence-electron chi connectivity index (χ0n) is 29.5. The molecule has 2 unspecified atom stereocenters. The van der Waals surface area contributed by atoms with Crippen molar-refractivity contribution in [3.63, 3.8) is 0 Å². The lowest BCUT2D eigenvalue weighted by Gasteiger charge is -2.42. The van der Waals surface area contributed by atoms with Crippen molar-refractivity contribution >= 4 is 43.1 Å². The van der Waals surface area contributed by atoms with Gasteiger partial charge in [0.15, 0.2) is 11.6 Å². The first-order valence-corrected chi connectivity index (χ1v) is 19.1. The fraction of sp³-hybridized carbons (Fsp3) is 0.568. The van der Waals surface area contributed by atoms with Crippen LogP contribution >= 0.6 is 11.3 Å². The van der Waals surface area contributed by atoms with Crippen molar-refractivity contribution in [2.45, 2.75) is 69.1 Å². The second-order valence-electron chi connectivity index (χ2n) is 14.8. The number of hydrogen-bond acceptors (Lipinski definition) is 13. The van der Waals surface area contributed by atoms with Crippen LogP contribution in [-0.2, 0) is 27.4 Å². The fourth-order valence-corrected chi connectivity index (χ4v) is 10.4. The summed E-state index contributed by atoms with van der Waals surface area (Å²) in [6.07, 6.45) is 4.10. The number of thiophene rings is 1.